The molecule has 0 bridgehead atoms. The van der Waals surface area contributed by atoms with E-state index in [4.69, 9.17) is 0 Å². The lowest BCUT2D eigenvalue weighted by Crippen LogP contribution is -2.47. The van der Waals surface area contributed by atoms with Crippen molar-refractivity contribution in [2.24, 2.45) is 0 Å². The summed E-state index contributed by atoms with van der Waals surface area (Å²) in [6.07, 6.45) is 3.66. The highest BCUT2D eigenvalue weighted by Crippen LogP contribution is 2.17. The predicted octanol–water partition coefficient (Wildman–Crippen LogP) is 5.33. The van der Waals surface area contributed by atoms with E-state index in [-0.39, 0.29) is 0 Å². The van der Waals surface area contributed by atoms with Crippen molar-refractivity contribution >= 4 is 5.69 Å². The van der Waals surface area contributed by atoms with Crippen molar-refractivity contribution in [2.75, 3.05) is 50.7 Å². The average molecular weight is 428 g/mol. The third-order valence-electron chi connectivity index (χ3n) is 6.49. The second-order valence-electron chi connectivity index (χ2n) is 8.87. The summed E-state index contributed by atoms with van der Waals surface area (Å²) in [5, 5.41) is 0. The van der Waals surface area contributed by atoms with Gasteiger partial charge in [0.15, 0.2) is 0 Å². The molecule has 1 aliphatic heterocycles. The van der Waals surface area contributed by atoms with Crippen molar-refractivity contribution in [3.8, 4) is 0 Å². The topological polar surface area (TPSA) is 9.72 Å². The largest absolute Gasteiger partial charge is 0.367 e. The Hall–Kier alpha value is -2.62. The zero-order valence-corrected chi connectivity index (χ0v) is 19.3. The Labute approximate surface area is 194 Å². The van der Waals surface area contributed by atoms with Crippen LogP contribution < -0.4 is 4.90 Å². The van der Waals surface area contributed by atoms with Crippen LogP contribution >= 0.6 is 0 Å². The molecule has 0 spiro atoms. The Kier molecular flexibility index (Phi) is 8.76. The first-order valence-corrected chi connectivity index (χ1v) is 12.2. The van der Waals surface area contributed by atoms with E-state index in [1.165, 1.54) is 75.3 Å². The van der Waals surface area contributed by atoms with Crippen molar-refractivity contribution in [3.05, 3.63) is 102 Å². The van der Waals surface area contributed by atoms with Gasteiger partial charge in [0.05, 0.1) is 0 Å². The highest BCUT2D eigenvalue weighted by atomic mass is 15.3. The molecule has 0 aromatic heterocycles. The molecule has 0 atom stereocenters. The van der Waals surface area contributed by atoms with E-state index in [9.17, 15) is 0 Å². The molecule has 0 saturated carbocycles. The van der Waals surface area contributed by atoms with E-state index >= 15 is 0 Å². The lowest BCUT2D eigenvalue weighted by Gasteiger charge is -2.35. The van der Waals surface area contributed by atoms with Gasteiger partial charge in [-0.2, -0.15) is 0 Å². The van der Waals surface area contributed by atoms with Gasteiger partial charge in [0, 0.05) is 45.0 Å². The van der Waals surface area contributed by atoms with Crippen LogP contribution in [0, 0.1) is 0 Å². The van der Waals surface area contributed by atoms with Crippen molar-refractivity contribution in [1.82, 2.24) is 9.80 Å². The van der Waals surface area contributed by atoms with Crippen molar-refractivity contribution < 1.29 is 0 Å². The number of nitrogens with zero attached hydrogens (tertiary/aromatic N) is 3. The maximum Gasteiger partial charge on any atom is 0.0429 e. The molecular weight excluding hydrogens is 390 g/mol. The number of anilines is 1. The van der Waals surface area contributed by atoms with Gasteiger partial charge in [-0.3, -0.25) is 0 Å². The molecule has 3 aromatic carbocycles. The van der Waals surface area contributed by atoms with E-state index in [1.807, 2.05) is 0 Å². The lowest BCUT2D eigenvalue weighted by atomic mass is 10.1. The van der Waals surface area contributed by atoms with E-state index < -0.39 is 0 Å². The van der Waals surface area contributed by atoms with Crippen LogP contribution in [0.15, 0.2) is 91.0 Å². The van der Waals surface area contributed by atoms with Crippen LogP contribution in [0.3, 0.4) is 0 Å². The standard InChI is InChI=1S/C29H37N3/c1-4-12-27(13-5-1)16-10-19-30-22-24-31(25-23-30)20-11-21-32(29-17-8-3-9-18-29)26-28-14-6-2-7-15-28/h1-9,12-15,17-18H,10-11,16,19-26H2. The van der Waals surface area contributed by atoms with Gasteiger partial charge in [0.1, 0.15) is 0 Å². The number of hydrogen-bond acceptors (Lipinski definition) is 3. The van der Waals surface area contributed by atoms with E-state index in [0.29, 0.717) is 0 Å². The van der Waals surface area contributed by atoms with Crippen molar-refractivity contribution in [3.63, 3.8) is 0 Å². The number of para-hydroxylation sites is 1. The molecule has 1 fully saturated rings. The number of piperazine rings is 1. The molecule has 0 amide bonds. The highest BCUT2D eigenvalue weighted by molar-refractivity contribution is 5.46. The van der Waals surface area contributed by atoms with Crippen LogP contribution in [0.25, 0.3) is 0 Å². The fourth-order valence-corrected chi connectivity index (χ4v) is 4.62. The SMILES string of the molecule is c1ccc(CCCN2CCN(CCCN(Cc3ccccc3)c3ccccc3)CC2)cc1. The summed E-state index contributed by atoms with van der Waals surface area (Å²) in [6, 6.07) is 32.6. The molecule has 4 rings (SSSR count). The normalized spacial score (nSPS) is 15.0. The minimum absolute atomic E-state index is 0.972. The third kappa shape index (κ3) is 7.22. The van der Waals surface area contributed by atoms with Gasteiger partial charge in [0.25, 0.3) is 0 Å². The van der Waals surface area contributed by atoms with Crippen molar-refractivity contribution in [2.45, 2.75) is 25.8 Å². The van der Waals surface area contributed by atoms with Crippen LogP contribution in [-0.2, 0) is 13.0 Å². The quantitative estimate of drug-likeness (QED) is 0.409. The zero-order chi connectivity index (χ0) is 21.8. The molecule has 0 N–H and O–H groups in total. The minimum Gasteiger partial charge on any atom is -0.367 e. The fourth-order valence-electron chi connectivity index (χ4n) is 4.62. The van der Waals surface area contributed by atoms with E-state index in [0.717, 1.165) is 13.1 Å². The second-order valence-corrected chi connectivity index (χ2v) is 8.87. The number of benzene rings is 3. The summed E-state index contributed by atoms with van der Waals surface area (Å²) < 4.78 is 0. The summed E-state index contributed by atoms with van der Waals surface area (Å²) in [5.41, 5.74) is 4.16. The molecule has 3 heteroatoms. The number of hydrogen-bond donors (Lipinski definition) is 0. The molecular formula is C29H37N3. The predicted molar refractivity (Wildman–Crippen MR) is 136 cm³/mol. The molecule has 1 saturated heterocycles. The van der Waals surface area contributed by atoms with Gasteiger partial charge < -0.3 is 14.7 Å². The van der Waals surface area contributed by atoms with Gasteiger partial charge in [0.2, 0.25) is 0 Å². The Morgan fingerprint density at radius 2 is 1.06 bits per heavy atom. The van der Waals surface area contributed by atoms with Gasteiger partial charge in [-0.05, 0) is 55.6 Å². The third-order valence-corrected chi connectivity index (χ3v) is 6.49. The fraction of sp³-hybridized carbons (Fsp3) is 0.379. The van der Waals surface area contributed by atoms with Crippen molar-refractivity contribution in [1.29, 1.82) is 0 Å². The van der Waals surface area contributed by atoms with Crippen LogP contribution in [0.1, 0.15) is 24.0 Å². The molecule has 0 unspecified atom stereocenters. The first-order chi connectivity index (χ1) is 15.9. The number of aryl methyl sites for hydroxylation is 1. The van der Waals surface area contributed by atoms with E-state index in [2.05, 4.69) is 106 Å². The average Bonchev–Trinajstić information content (AvgIpc) is 2.86. The second kappa shape index (κ2) is 12.4. The summed E-state index contributed by atoms with van der Waals surface area (Å²) in [7, 11) is 0. The Morgan fingerprint density at radius 1 is 0.562 bits per heavy atom. The summed E-state index contributed by atoms with van der Waals surface area (Å²) >= 11 is 0. The minimum atomic E-state index is 0.972. The van der Waals surface area contributed by atoms with Gasteiger partial charge in [-0.15, -0.1) is 0 Å². The van der Waals surface area contributed by atoms with Crippen LogP contribution in [0.2, 0.25) is 0 Å². The Morgan fingerprint density at radius 3 is 1.66 bits per heavy atom. The smallest absolute Gasteiger partial charge is 0.0429 e. The molecule has 168 valence electrons. The first kappa shape index (κ1) is 22.6. The molecule has 0 aliphatic carbocycles. The lowest BCUT2D eigenvalue weighted by molar-refractivity contribution is 0.131. The summed E-state index contributed by atoms with van der Waals surface area (Å²) in [4.78, 5) is 7.82. The maximum absolute atomic E-state index is 2.65. The monoisotopic (exact) mass is 427 g/mol. The van der Waals surface area contributed by atoms with Crippen LogP contribution in [-0.4, -0.2) is 55.6 Å². The summed E-state index contributed by atoms with van der Waals surface area (Å²) in [6.45, 7) is 9.31. The van der Waals surface area contributed by atoms with E-state index in [1.54, 1.807) is 0 Å². The molecule has 1 aliphatic rings. The van der Waals surface area contributed by atoms with Gasteiger partial charge >= 0.3 is 0 Å². The Balaban J connectivity index is 1.18. The molecule has 32 heavy (non-hydrogen) atoms. The molecule has 0 radical (unpaired) electrons. The highest BCUT2D eigenvalue weighted by Gasteiger charge is 2.16. The molecule has 3 nitrogen and oxygen atoms in total. The van der Waals surface area contributed by atoms with Gasteiger partial charge in [-0.25, -0.2) is 0 Å². The zero-order valence-electron chi connectivity index (χ0n) is 19.3. The molecule has 1 heterocycles. The van der Waals surface area contributed by atoms with Gasteiger partial charge in [-0.1, -0.05) is 78.9 Å². The summed E-state index contributed by atoms with van der Waals surface area (Å²) in [5.74, 6) is 0. The number of rotatable bonds is 11. The van der Waals surface area contributed by atoms with Crippen LogP contribution in [0.4, 0.5) is 5.69 Å². The Bertz CT molecular complexity index is 874. The van der Waals surface area contributed by atoms with Crippen LogP contribution in [0.5, 0.6) is 0 Å². The molecule has 3 aromatic rings. The maximum atomic E-state index is 2.65. The first-order valence-electron chi connectivity index (χ1n) is 12.2.